The highest BCUT2D eigenvalue weighted by Gasteiger charge is 2.24. The third-order valence-corrected chi connectivity index (χ3v) is 5.75. The number of carbonyl (C=O) groups is 1. The van der Waals surface area contributed by atoms with Gasteiger partial charge in [0, 0.05) is 0 Å². The number of rotatable bonds is 6. The lowest BCUT2D eigenvalue weighted by Gasteiger charge is -2.13. The second-order valence-electron chi connectivity index (χ2n) is 5.55. The van der Waals surface area contributed by atoms with E-state index in [1.54, 1.807) is 24.3 Å². The van der Waals surface area contributed by atoms with E-state index in [9.17, 15) is 13.2 Å². The number of hydrogen-bond acceptors (Lipinski definition) is 5. The fraction of sp³-hybridized carbons (Fsp3) is 0.176. The van der Waals surface area contributed by atoms with Gasteiger partial charge in [0.25, 0.3) is 10.0 Å². The molecule has 0 fully saturated rings. The molecule has 0 saturated carbocycles. The van der Waals surface area contributed by atoms with Crippen molar-refractivity contribution in [2.24, 2.45) is 0 Å². The lowest BCUT2D eigenvalue weighted by molar-refractivity contribution is -0.149. The average Bonchev–Trinajstić information content (AvgIpc) is 2.98. The van der Waals surface area contributed by atoms with Crippen LogP contribution >= 0.6 is 11.6 Å². The summed E-state index contributed by atoms with van der Waals surface area (Å²) in [4.78, 5) is 15.2. The smallest absolute Gasteiger partial charge is 0.332 e. The van der Waals surface area contributed by atoms with E-state index in [-0.39, 0.29) is 22.3 Å². The van der Waals surface area contributed by atoms with Gasteiger partial charge in [-0.05, 0) is 37.3 Å². The molecule has 0 unspecified atom stereocenters. The van der Waals surface area contributed by atoms with Crippen LogP contribution < -0.4 is 0 Å². The highest BCUT2D eigenvalue weighted by atomic mass is 35.5. The molecule has 136 valence electrons. The van der Waals surface area contributed by atoms with Gasteiger partial charge in [0.15, 0.2) is 6.10 Å². The van der Waals surface area contributed by atoms with Gasteiger partial charge in [-0.15, -0.1) is 0 Å². The quantitative estimate of drug-likeness (QED) is 0.645. The second kappa shape index (κ2) is 7.06. The second-order valence-corrected chi connectivity index (χ2v) is 7.72. The lowest BCUT2D eigenvalue weighted by Crippen LogP contribution is -2.22. The summed E-state index contributed by atoms with van der Waals surface area (Å²) in [6, 6.07) is 12.5. The maximum atomic E-state index is 13.1. The summed E-state index contributed by atoms with van der Waals surface area (Å²) >= 11 is 5.90. The molecule has 1 N–H and O–H groups in total. The van der Waals surface area contributed by atoms with E-state index < -0.39 is 22.1 Å². The summed E-state index contributed by atoms with van der Waals surface area (Å²) in [6.45, 7) is 1.16. The van der Waals surface area contributed by atoms with Crippen LogP contribution in [0, 0.1) is 0 Å². The first-order valence-electron chi connectivity index (χ1n) is 7.62. The van der Waals surface area contributed by atoms with Crippen molar-refractivity contribution in [2.75, 3.05) is 0 Å². The van der Waals surface area contributed by atoms with E-state index in [0.29, 0.717) is 11.0 Å². The molecule has 0 aliphatic heterocycles. The van der Waals surface area contributed by atoms with Crippen molar-refractivity contribution >= 4 is 38.6 Å². The van der Waals surface area contributed by atoms with Crippen LogP contribution in [0.4, 0.5) is 0 Å². The van der Waals surface area contributed by atoms with E-state index in [0.717, 1.165) is 3.97 Å². The average molecular weight is 395 g/mol. The van der Waals surface area contributed by atoms with Crippen molar-refractivity contribution in [1.82, 2.24) is 8.96 Å². The number of benzene rings is 1. The first-order valence-corrected chi connectivity index (χ1v) is 9.44. The largest absolute Gasteiger partial charge is 0.479 e. The molecule has 2 aromatic heterocycles. The van der Waals surface area contributed by atoms with Crippen LogP contribution in [0.25, 0.3) is 11.0 Å². The van der Waals surface area contributed by atoms with Crippen molar-refractivity contribution in [1.29, 1.82) is 0 Å². The monoisotopic (exact) mass is 394 g/mol. The first kappa shape index (κ1) is 18.4. The third-order valence-electron chi connectivity index (χ3n) is 3.76. The molecule has 0 spiro atoms. The van der Waals surface area contributed by atoms with Crippen LogP contribution in [0.15, 0.2) is 53.4 Å². The predicted octanol–water partition coefficient (Wildman–Crippen LogP) is 2.92. The number of carboxylic acid groups (broad SMARTS) is 1. The van der Waals surface area contributed by atoms with Crippen molar-refractivity contribution in [3.63, 3.8) is 0 Å². The standard InChI is InChI=1S/C17H15ClN2O5S/c1-11(17(21)22)25-10-12-9-14-15(7-8-16(18)19-14)20(12)26(23,24)13-5-3-2-4-6-13/h2-9,11H,10H2,1H3,(H,21,22)/t11-/m0/s1. The van der Waals surface area contributed by atoms with Crippen LogP contribution in [0.1, 0.15) is 12.6 Å². The van der Waals surface area contributed by atoms with Crippen molar-refractivity contribution in [3.8, 4) is 0 Å². The van der Waals surface area contributed by atoms with E-state index >= 15 is 0 Å². The minimum atomic E-state index is -3.93. The minimum Gasteiger partial charge on any atom is -0.479 e. The number of aliphatic carboxylic acids is 1. The van der Waals surface area contributed by atoms with Gasteiger partial charge in [-0.3, -0.25) is 0 Å². The Bertz CT molecular complexity index is 1060. The normalized spacial score (nSPS) is 13.0. The molecule has 3 rings (SSSR count). The number of carboxylic acids is 1. The summed E-state index contributed by atoms with van der Waals surface area (Å²) in [5, 5.41) is 9.18. The van der Waals surface area contributed by atoms with Gasteiger partial charge in [-0.2, -0.15) is 0 Å². The molecular formula is C17H15ClN2O5S. The highest BCUT2D eigenvalue weighted by molar-refractivity contribution is 7.90. The fourth-order valence-electron chi connectivity index (χ4n) is 2.46. The lowest BCUT2D eigenvalue weighted by atomic mass is 10.4. The van der Waals surface area contributed by atoms with Crippen LogP contribution in [-0.4, -0.2) is 34.6 Å². The van der Waals surface area contributed by atoms with Crippen molar-refractivity contribution in [3.05, 3.63) is 59.4 Å². The van der Waals surface area contributed by atoms with E-state index in [4.69, 9.17) is 21.4 Å². The van der Waals surface area contributed by atoms with E-state index in [1.807, 2.05) is 0 Å². The molecule has 0 amide bonds. The van der Waals surface area contributed by atoms with Crippen LogP contribution in [0.2, 0.25) is 5.15 Å². The summed E-state index contributed by atoms with van der Waals surface area (Å²) < 4.78 is 32.6. The van der Waals surface area contributed by atoms with Crippen LogP contribution in [0.5, 0.6) is 0 Å². The van der Waals surface area contributed by atoms with Gasteiger partial charge in [-0.25, -0.2) is 22.2 Å². The molecule has 7 nitrogen and oxygen atoms in total. The fourth-order valence-corrected chi connectivity index (χ4v) is 4.15. The van der Waals surface area contributed by atoms with Gasteiger partial charge in [0.2, 0.25) is 0 Å². The topological polar surface area (TPSA) is 98.5 Å². The first-order chi connectivity index (χ1) is 12.3. The molecule has 1 atom stereocenters. The number of pyridine rings is 1. The molecule has 0 bridgehead atoms. The molecule has 0 saturated heterocycles. The molecule has 9 heteroatoms. The van der Waals surface area contributed by atoms with Crippen molar-refractivity contribution < 1.29 is 23.1 Å². The maximum absolute atomic E-state index is 13.1. The molecular weight excluding hydrogens is 380 g/mol. The van der Waals surface area contributed by atoms with E-state index in [1.165, 1.54) is 31.2 Å². The molecule has 0 aliphatic carbocycles. The van der Waals surface area contributed by atoms with Gasteiger partial charge in [0.1, 0.15) is 5.15 Å². The number of hydrogen-bond donors (Lipinski definition) is 1. The van der Waals surface area contributed by atoms with E-state index in [2.05, 4.69) is 4.98 Å². The zero-order valence-electron chi connectivity index (χ0n) is 13.7. The predicted molar refractivity (Wildman–Crippen MR) is 95.7 cm³/mol. The number of fused-ring (bicyclic) bond motifs is 1. The number of halogens is 1. The molecule has 0 radical (unpaired) electrons. The van der Waals surface area contributed by atoms with Gasteiger partial charge in [0.05, 0.1) is 28.2 Å². The molecule has 3 aromatic rings. The Morgan fingerprint density at radius 2 is 1.96 bits per heavy atom. The zero-order chi connectivity index (χ0) is 18.9. The van der Waals surface area contributed by atoms with Gasteiger partial charge in [-0.1, -0.05) is 29.8 Å². The molecule has 26 heavy (non-hydrogen) atoms. The SMILES string of the molecule is C[C@H](OCc1cc2nc(Cl)ccc2n1S(=O)(=O)c1ccccc1)C(=O)O. The van der Waals surface area contributed by atoms with Crippen LogP contribution in [0.3, 0.4) is 0 Å². The highest BCUT2D eigenvalue weighted by Crippen LogP contribution is 2.26. The zero-order valence-corrected chi connectivity index (χ0v) is 15.2. The Balaban J connectivity index is 2.15. The summed E-state index contributed by atoms with van der Waals surface area (Å²) in [5.74, 6) is -1.14. The minimum absolute atomic E-state index is 0.0972. The number of nitrogens with zero attached hydrogens (tertiary/aromatic N) is 2. The Hall–Kier alpha value is -2.42. The van der Waals surface area contributed by atoms with Crippen molar-refractivity contribution in [2.45, 2.75) is 24.5 Å². The number of aromatic nitrogens is 2. The Kier molecular flexibility index (Phi) is 4.99. The van der Waals surface area contributed by atoms with Gasteiger partial charge < -0.3 is 9.84 Å². The Morgan fingerprint density at radius 1 is 1.27 bits per heavy atom. The third kappa shape index (κ3) is 3.44. The summed E-state index contributed by atoms with van der Waals surface area (Å²) in [7, 11) is -3.93. The maximum Gasteiger partial charge on any atom is 0.332 e. The summed E-state index contributed by atoms with van der Waals surface area (Å²) in [5.41, 5.74) is 0.963. The Morgan fingerprint density at radius 3 is 2.62 bits per heavy atom. The molecule has 2 heterocycles. The Labute approximate surface area is 154 Å². The molecule has 0 aliphatic rings. The molecule has 1 aromatic carbocycles. The van der Waals surface area contributed by atoms with Crippen LogP contribution in [-0.2, 0) is 26.2 Å². The summed E-state index contributed by atoms with van der Waals surface area (Å²) in [6.07, 6.45) is -1.09. The van der Waals surface area contributed by atoms with Gasteiger partial charge >= 0.3 is 5.97 Å². The number of ether oxygens (including phenoxy) is 1.